The van der Waals surface area contributed by atoms with Crippen molar-refractivity contribution in [1.29, 1.82) is 5.26 Å². The molecule has 1 aromatic heterocycles. The minimum absolute atomic E-state index is 0.129. The minimum atomic E-state index is -0.129. The minimum Gasteiger partial charge on any atom is -0.261 e. The lowest BCUT2D eigenvalue weighted by molar-refractivity contribution is 0.522. The molecule has 0 amide bonds. The number of hydrogen-bond donors (Lipinski definition) is 0. The lowest BCUT2D eigenvalue weighted by atomic mass is 9.86. The molecule has 0 bridgehead atoms. The maximum Gasteiger partial charge on any atom is 0.0631 e. The van der Waals surface area contributed by atoms with Gasteiger partial charge in [-0.15, -0.1) is 0 Å². The van der Waals surface area contributed by atoms with Crippen LogP contribution in [0, 0.1) is 11.3 Å². The van der Waals surface area contributed by atoms with Crippen molar-refractivity contribution in [2.75, 3.05) is 0 Å². The average molecular weight is 160 g/mol. The van der Waals surface area contributed by atoms with Crippen LogP contribution in [0.25, 0.3) is 0 Å². The van der Waals surface area contributed by atoms with Crippen molar-refractivity contribution >= 4 is 0 Å². The normalized spacial score (nSPS) is 10.8. The highest BCUT2D eigenvalue weighted by Crippen LogP contribution is 2.23. The first-order valence-electron chi connectivity index (χ1n) is 3.95. The van der Waals surface area contributed by atoms with Gasteiger partial charge in [-0.2, -0.15) is 5.26 Å². The van der Waals surface area contributed by atoms with Gasteiger partial charge in [0, 0.05) is 23.7 Å². The zero-order valence-corrected chi connectivity index (χ0v) is 7.41. The highest BCUT2D eigenvalue weighted by Gasteiger charge is 2.20. The number of hydrogen-bond acceptors (Lipinski definition) is 2. The molecule has 0 fully saturated rings. The summed E-state index contributed by atoms with van der Waals surface area (Å²) < 4.78 is 0. The van der Waals surface area contributed by atoms with Gasteiger partial charge >= 0.3 is 0 Å². The van der Waals surface area contributed by atoms with Crippen molar-refractivity contribution in [3.8, 4) is 6.07 Å². The van der Waals surface area contributed by atoms with E-state index in [0.29, 0.717) is 6.42 Å². The number of nitrogens with zero attached hydrogens (tertiary/aromatic N) is 2. The summed E-state index contributed by atoms with van der Waals surface area (Å²) in [7, 11) is 0. The third-order valence-electron chi connectivity index (χ3n) is 1.88. The van der Waals surface area contributed by atoms with Gasteiger partial charge in [0.1, 0.15) is 0 Å². The SMILES string of the molecule is CC(C)(CC#N)c1ccccn1. The molecule has 12 heavy (non-hydrogen) atoms. The van der Waals surface area contributed by atoms with Crippen LogP contribution in [0.4, 0.5) is 0 Å². The van der Waals surface area contributed by atoms with Crippen molar-refractivity contribution in [3.05, 3.63) is 30.1 Å². The van der Waals surface area contributed by atoms with E-state index in [0.717, 1.165) is 5.69 Å². The topological polar surface area (TPSA) is 36.7 Å². The number of nitriles is 1. The maximum atomic E-state index is 8.59. The van der Waals surface area contributed by atoms with E-state index in [4.69, 9.17) is 5.26 Å². The molecule has 0 saturated heterocycles. The predicted molar refractivity (Wildman–Crippen MR) is 47.5 cm³/mol. The zero-order valence-electron chi connectivity index (χ0n) is 7.41. The predicted octanol–water partition coefficient (Wildman–Crippen LogP) is 2.27. The first-order valence-corrected chi connectivity index (χ1v) is 3.95. The van der Waals surface area contributed by atoms with E-state index in [-0.39, 0.29) is 5.41 Å². The molecular formula is C10H12N2. The smallest absolute Gasteiger partial charge is 0.0631 e. The molecule has 0 aromatic carbocycles. The molecule has 0 spiro atoms. The summed E-state index contributed by atoms with van der Waals surface area (Å²) in [6, 6.07) is 7.95. The maximum absolute atomic E-state index is 8.59. The average Bonchev–Trinajstić information content (AvgIpc) is 2.06. The second kappa shape index (κ2) is 3.36. The second-order valence-electron chi connectivity index (χ2n) is 3.43. The van der Waals surface area contributed by atoms with Gasteiger partial charge in [-0.25, -0.2) is 0 Å². The summed E-state index contributed by atoms with van der Waals surface area (Å²) in [6.45, 7) is 4.05. The van der Waals surface area contributed by atoms with E-state index in [1.807, 2.05) is 32.0 Å². The van der Waals surface area contributed by atoms with Gasteiger partial charge in [-0.3, -0.25) is 4.98 Å². The van der Waals surface area contributed by atoms with Gasteiger partial charge in [-0.1, -0.05) is 19.9 Å². The van der Waals surface area contributed by atoms with Gasteiger partial charge in [0.05, 0.1) is 6.07 Å². The van der Waals surface area contributed by atoms with Gasteiger partial charge in [0.2, 0.25) is 0 Å². The van der Waals surface area contributed by atoms with E-state index in [2.05, 4.69) is 11.1 Å². The molecule has 0 aliphatic carbocycles. The Morgan fingerprint density at radius 2 is 2.25 bits per heavy atom. The van der Waals surface area contributed by atoms with Crippen molar-refractivity contribution in [1.82, 2.24) is 4.98 Å². The van der Waals surface area contributed by atoms with Crippen molar-refractivity contribution in [2.24, 2.45) is 0 Å². The molecule has 2 nitrogen and oxygen atoms in total. The van der Waals surface area contributed by atoms with Gasteiger partial charge in [0.25, 0.3) is 0 Å². The first-order chi connectivity index (χ1) is 5.67. The largest absolute Gasteiger partial charge is 0.261 e. The van der Waals surface area contributed by atoms with Crippen LogP contribution in [0.5, 0.6) is 0 Å². The Hall–Kier alpha value is -1.36. The Morgan fingerprint density at radius 3 is 2.75 bits per heavy atom. The molecule has 1 rings (SSSR count). The van der Waals surface area contributed by atoms with E-state index in [1.165, 1.54) is 0 Å². The molecule has 0 radical (unpaired) electrons. The summed E-state index contributed by atoms with van der Waals surface area (Å²) in [6.07, 6.45) is 2.26. The van der Waals surface area contributed by atoms with Crippen molar-refractivity contribution in [3.63, 3.8) is 0 Å². The van der Waals surface area contributed by atoms with E-state index < -0.39 is 0 Å². The number of pyridine rings is 1. The standard InChI is InChI=1S/C10H12N2/c1-10(2,6-7-11)9-5-3-4-8-12-9/h3-5,8H,6H2,1-2H3. The molecule has 0 atom stereocenters. The van der Waals surface area contributed by atoms with Crippen LogP contribution in [0.15, 0.2) is 24.4 Å². The molecular weight excluding hydrogens is 148 g/mol. The quantitative estimate of drug-likeness (QED) is 0.665. The molecule has 0 aliphatic heterocycles. The molecule has 0 unspecified atom stereocenters. The monoisotopic (exact) mass is 160 g/mol. The third kappa shape index (κ3) is 1.82. The fraction of sp³-hybridized carbons (Fsp3) is 0.400. The van der Waals surface area contributed by atoms with Crippen LogP contribution in [-0.2, 0) is 5.41 Å². The summed E-state index contributed by atoms with van der Waals surface area (Å²) in [5, 5.41) is 8.59. The van der Waals surface area contributed by atoms with Crippen LogP contribution in [0.2, 0.25) is 0 Å². The van der Waals surface area contributed by atoms with Crippen LogP contribution < -0.4 is 0 Å². The van der Waals surface area contributed by atoms with Crippen molar-refractivity contribution < 1.29 is 0 Å². The Labute approximate surface area is 72.9 Å². The highest BCUT2D eigenvalue weighted by atomic mass is 14.7. The van der Waals surface area contributed by atoms with Crippen LogP contribution in [-0.4, -0.2) is 4.98 Å². The Kier molecular flexibility index (Phi) is 2.44. The highest BCUT2D eigenvalue weighted by molar-refractivity contribution is 5.16. The lowest BCUT2D eigenvalue weighted by Gasteiger charge is -2.19. The fourth-order valence-corrected chi connectivity index (χ4v) is 1.05. The van der Waals surface area contributed by atoms with Crippen molar-refractivity contribution in [2.45, 2.75) is 25.7 Å². The summed E-state index contributed by atoms with van der Waals surface area (Å²) in [5.41, 5.74) is 0.849. The molecule has 0 saturated carbocycles. The zero-order chi connectivity index (χ0) is 9.03. The summed E-state index contributed by atoms with van der Waals surface area (Å²) in [5.74, 6) is 0. The van der Waals surface area contributed by atoms with Gasteiger partial charge < -0.3 is 0 Å². The summed E-state index contributed by atoms with van der Waals surface area (Å²) >= 11 is 0. The van der Waals surface area contributed by atoms with Gasteiger partial charge in [-0.05, 0) is 12.1 Å². The Balaban J connectivity index is 2.91. The van der Waals surface area contributed by atoms with Gasteiger partial charge in [0.15, 0.2) is 0 Å². The molecule has 0 N–H and O–H groups in total. The fourth-order valence-electron chi connectivity index (χ4n) is 1.05. The van der Waals surface area contributed by atoms with E-state index in [1.54, 1.807) is 6.20 Å². The molecule has 0 aliphatic rings. The Morgan fingerprint density at radius 1 is 1.50 bits per heavy atom. The molecule has 1 heterocycles. The summed E-state index contributed by atoms with van der Waals surface area (Å²) in [4.78, 5) is 4.22. The molecule has 1 aromatic rings. The van der Waals surface area contributed by atoms with Crippen LogP contribution in [0.1, 0.15) is 26.0 Å². The second-order valence-corrected chi connectivity index (χ2v) is 3.43. The third-order valence-corrected chi connectivity index (χ3v) is 1.88. The molecule has 2 heteroatoms. The van der Waals surface area contributed by atoms with E-state index >= 15 is 0 Å². The van der Waals surface area contributed by atoms with E-state index in [9.17, 15) is 0 Å². The lowest BCUT2D eigenvalue weighted by Crippen LogP contribution is -2.17. The van der Waals surface area contributed by atoms with Crippen LogP contribution in [0.3, 0.4) is 0 Å². The first kappa shape index (κ1) is 8.73. The molecule has 62 valence electrons. The Bertz CT molecular complexity index is 282. The number of aromatic nitrogens is 1. The van der Waals surface area contributed by atoms with Crippen LogP contribution >= 0.6 is 0 Å². The number of rotatable bonds is 2.